The van der Waals surface area contributed by atoms with Gasteiger partial charge in [0.25, 0.3) is 5.91 Å². The number of hydrogen-bond acceptors (Lipinski definition) is 6. The van der Waals surface area contributed by atoms with Gasteiger partial charge >= 0.3 is 0 Å². The lowest BCUT2D eigenvalue weighted by Crippen LogP contribution is -2.30. The van der Waals surface area contributed by atoms with E-state index in [0.717, 1.165) is 18.7 Å². The van der Waals surface area contributed by atoms with Gasteiger partial charge in [0, 0.05) is 38.4 Å². The van der Waals surface area contributed by atoms with Crippen molar-refractivity contribution >= 4 is 11.7 Å². The van der Waals surface area contributed by atoms with Crippen LogP contribution < -0.4 is 5.32 Å². The Labute approximate surface area is 153 Å². The standard InChI is InChI=1S/C18H26N6O2/c1-19-17-9-13(5-6-20-17)18(26)23-7-4-8-24-14(11-23)10-15(21-24)16(25)12-22(2)3/h5-6,9-10,16,25H,4,7-8,11-12H2,1-3H3,(H,19,20)/t16-/m1/s1. The van der Waals surface area contributed by atoms with E-state index in [2.05, 4.69) is 15.4 Å². The van der Waals surface area contributed by atoms with E-state index in [0.29, 0.717) is 36.7 Å². The Balaban J connectivity index is 1.78. The highest BCUT2D eigenvalue weighted by Gasteiger charge is 2.23. The number of pyridine rings is 1. The predicted octanol–water partition coefficient (Wildman–Crippen LogP) is 0.961. The summed E-state index contributed by atoms with van der Waals surface area (Å²) in [5.74, 6) is 0.652. The molecular formula is C18H26N6O2. The van der Waals surface area contributed by atoms with Gasteiger partial charge < -0.3 is 20.2 Å². The molecule has 1 atom stereocenters. The summed E-state index contributed by atoms with van der Waals surface area (Å²) in [6, 6.07) is 5.40. The number of aliphatic hydroxyl groups excluding tert-OH is 1. The van der Waals surface area contributed by atoms with E-state index in [1.54, 1.807) is 25.4 Å². The molecule has 2 aromatic heterocycles. The maximum Gasteiger partial charge on any atom is 0.254 e. The topological polar surface area (TPSA) is 86.5 Å². The van der Waals surface area contributed by atoms with Crippen LogP contribution in [0.15, 0.2) is 24.4 Å². The van der Waals surface area contributed by atoms with E-state index in [1.807, 2.05) is 34.6 Å². The molecule has 0 bridgehead atoms. The fourth-order valence-electron chi connectivity index (χ4n) is 3.14. The lowest BCUT2D eigenvalue weighted by Gasteiger charge is -2.20. The smallest absolute Gasteiger partial charge is 0.254 e. The van der Waals surface area contributed by atoms with Crippen LogP contribution in [0.5, 0.6) is 0 Å². The zero-order valence-electron chi connectivity index (χ0n) is 15.5. The number of fused-ring (bicyclic) bond motifs is 1. The van der Waals surface area contributed by atoms with Crippen molar-refractivity contribution in [3.8, 4) is 0 Å². The van der Waals surface area contributed by atoms with Crippen LogP contribution in [0.1, 0.15) is 34.3 Å². The molecule has 8 nitrogen and oxygen atoms in total. The molecule has 26 heavy (non-hydrogen) atoms. The van der Waals surface area contributed by atoms with Gasteiger partial charge in [-0.05, 0) is 38.7 Å². The maximum atomic E-state index is 12.9. The van der Waals surface area contributed by atoms with Crippen molar-refractivity contribution in [1.29, 1.82) is 0 Å². The first-order valence-corrected chi connectivity index (χ1v) is 8.80. The molecule has 0 spiro atoms. The summed E-state index contributed by atoms with van der Waals surface area (Å²) in [4.78, 5) is 20.8. The number of carbonyl (C=O) groups is 1. The van der Waals surface area contributed by atoms with Crippen LogP contribution in [0, 0.1) is 0 Å². The highest BCUT2D eigenvalue weighted by Crippen LogP contribution is 2.20. The molecule has 0 saturated carbocycles. The highest BCUT2D eigenvalue weighted by molar-refractivity contribution is 5.94. The van der Waals surface area contributed by atoms with E-state index in [1.165, 1.54) is 0 Å². The van der Waals surface area contributed by atoms with Crippen LogP contribution in [-0.4, -0.2) is 69.8 Å². The second-order valence-corrected chi connectivity index (χ2v) is 6.82. The van der Waals surface area contributed by atoms with Crippen LogP contribution >= 0.6 is 0 Å². The number of aromatic nitrogens is 3. The van der Waals surface area contributed by atoms with Gasteiger partial charge in [-0.1, -0.05) is 0 Å². The van der Waals surface area contributed by atoms with Gasteiger partial charge in [-0.15, -0.1) is 0 Å². The van der Waals surface area contributed by atoms with Crippen LogP contribution in [0.4, 0.5) is 5.82 Å². The predicted molar refractivity (Wildman–Crippen MR) is 98.9 cm³/mol. The van der Waals surface area contributed by atoms with Crippen LogP contribution in [0.3, 0.4) is 0 Å². The van der Waals surface area contributed by atoms with Crippen molar-refractivity contribution in [2.24, 2.45) is 0 Å². The lowest BCUT2D eigenvalue weighted by atomic mass is 10.2. The normalized spacial score (nSPS) is 15.5. The largest absolute Gasteiger partial charge is 0.385 e. The van der Waals surface area contributed by atoms with Gasteiger partial charge in [-0.25, -0.2) is 4.98 Å². The third-order valence-corrected chi connectivity index (χ3v) is 4.46. The molecule has 1 aliphatic heterocycles. The van der Waals surface area contributed by atoms with Gasteiger partial charge in [0.05, 0.1) is 17.9 Å². The molecule has 8 heteroatoms. The Morgan fingerprint density at radius 1 is 1.38 bits per heavy atom. The SMILES string of the molecule is CNc1cc(C(=O)N2CCCn3nc([C@H](O)CN(C)C)cc3C2)ccn1. The molecule has 0 fully saturated rings. The maximum absolute atomic E-state index is 12.9. The van der Waals surface area contributed by atoms with Crippen LogP contribution in [0.25, 0.3) is 0 Å². The molecular weight excluding hydrogens is 332 g/mol. The summed E-state index contributed by atoms with van der Waals surface area (Å²) >= 11 is 0. The van der Waals surface area contributed by atoms with Gasteiger partial charge in [0.15, 0.2) is 0 Å². The fourth-order valence-corrected chi connectivity index (χ4v) is 3.14. The molecule has 2 N–H and O–H groups in total. The number of carbonyl (C=O) groups excluding carboxylic acids is 1. The van der Waals surface area contributed by atoms with Crippen LogP contribution in [-0.2, 0) is 13.1 Å². The van der Waals surface area contributed by atoms with Crippen molar-refractivity contribution in [3.05, 3.63) is 41.3 Å². The third kappa shape index (κ3) is 4.03. The average Bonchev–Trinajstić information content (AvgIpc) is 2.92. The molecule has 1 amide bonds. The zero-order valence-corrected chi connectivity index (χ0v) is 15.5. The first kappa shape index (κ1) is 18.3. The molecule has 1 aliphatic rings. The number of likely N-dealkylation sites (N-methyl/N-ethyl adjacent to an activating group) is 1. The Kier molecular flexibility index (Phi) is 5.53. The number of rotatable bonds is 5. The minimum atomic E-state index is -0.632. The molecule has 0 saturated heterocycles. The Hall–Kier alpha value is -2.45. The summed E-state index contributed by atoms with van der Waals surface area (Å²) in [5, 5.41) is 17.8. The summed E-state index contributed by atoms with van der Waals surface area (Å²) in [7, 11) is 5.61. The number of nitrogens with zero attached hydrogens (tertiary/aromatic N) is 5. The van der Waals surface area contributed by atoms with Crippen molar-refractivity contribution < 1.29 is 9.90 Å². The number of hydrogen-bond donors (Lipinski definition) is 2. The Morgan fingerprint density at radius 3 is 2.92 bits per heavy atom. The molecule has 0 radical (unpaired) electrons. The number of anilines is 1. The quantitative estimate of drug-likeness (QED) is 0.828. The lowest BCUT2D eigenvalue weighted by molar-refractivity contribution is 0.0745. The molecule has 3 heterocycles. The first-order valence-electron chi connectivity index (χ1n) is 8.80. The molecule has 0 unspecified atom stereocenters. The summed E-state index contributed by atoms with van der Waals surface area (Å²) in [6.07, 6.45) is 1.83. The number of nitrogens with one attached hydrogen (secondary N) is 1. The molecule has 2 aromatic rings. The number of aliphatic hydroxyl groups is 1. The summed E-state index contributed by atoms with van der Waals surface area (Å²) in [5.41, 5.74) is 2.22. The minimum Gasteiger partial charge on any atom is -0.385 e. The molecule has 0 aromatic carbocycles. The van der Waals surface area contributed by atoms with E-state index in [4.69, 9.17) is 0 Å². The number of aryl methyl sites for hydroxylation is 1. The fraction of sp³-hybridized carbons (Fsp3) is 0.500. The Morgan fingerprint density at radius 2 is 2.19 bits per heavy atom. The summed E-state index contributed by atoms with van der Waals surface area (Å²) in [6.45, 7) is 2.42. The number of amides is 1. The van der Waals surface area contributed by atoms with Gasteiger partial charge in [0.1, 0.15) is 11.9 Å². The van der Waals surface area contributed by atoms with Gasteiger partial charge in [0.2, 0.25) is 0 Å². The highest BCUT2D eigenvalue weighted by atomic mass is 16.3. The second-order valence-electron chi connectivity index (χ2n) is 6.82. The third-order valence-electron chi connectivity index (χ3n) is 4.46. The second kappa shape index (κ2) is 7.84. The first-order chi connectivity index (χ1) is 12.5. The molecule has 3 rings (SSSR count). The van der Waals surface area contributed by atoms with Crippen molar-refractivity contribution in [3.63, 3.8) is 0 Å². The van der Waals surface area contributed by atoms with E-state index >= 15 is 0 Å². The molecule has 140 valence electrons. The molecule has 0 aliphatic carbocycles. The minimum absolute atomic E-state index is 0.0195. The van der Waals surface area contributed by atoms with E-state index in [9.17, 15) is 9.90 Å². The van der Waals surface area contributed by atoms with Crippen molar-refractivity contribution in [2.75, 3.05) is 39.5 Å². The van der Waals surface area contributed by atoms with Gasteiger partial charge in [-0.2, -0.15) is 5.10 Å². The monoisotopic (exact) mass is 358 g/mol. The summed E-state index contributed by atoms with van der Waals surface area (Å²) < 4.78 is 1.91. The Bertz CT molecular complexity index is 773. The van der Waals surface area contributed by atoms with Crippen molar-refractivity contribution in [2.45, 2.75) is 25.6 Å². The average molecular weight is 358 g/mol. The van der Waals surface area contributed by atoms with Crippen molar-refractivity contribution in [1.82, 2.24) is 24.6 Å². The van der Waals surface area contributed by atoms with Gasteiger partial charge in [-0.3, -0.25) is 9.48 Å². The van der Waals surface area contributed by atoms with E-state index < -0.39 is 6.10 Å². The van der Waals surface area contributed by atoms with E-state index in [-0.39, 0.29) is 5.91 Å². The zero-order chi connectivity index (χ0) is 18.7. The van der Waals surface area contributed by atoms with Crippen LogP contribution in [0.2, 0.25) is 0 Å².